The van der Waals surface area contributed by atoms with Gasteiger partial charge in [0.2, 0.25) is 0 Å². The van der Waals surface area contributed by atoms with E-state index in [1.165, 1.54) is 5.56 Å². The van der Waals surface area contributed by atoms with Gasteiger partial charge in [-0.3, -0.25) is 0 Å². The van der Waals surface area contributed by atoms with Crippen LogP contribution in [-0.2, 0) is 0 Å². The molecule has 2 rings (SSSR count). The van der Waals surface area contributed by atoms with Crippen molar-refractivity contribution in [2.75, 3.05) is 18.9 Å². The average molecular weight is 251 g/mol. The Bertz CT molecular complexity index is 331. The number of hydrogen-bond donors (Lipinski definition) is 1. The van der Waals surface area contributed by atoms with Crippen molar-refractivity contribution in [3.63, 3.8) is 0 Å². The van der Waals surface area contributed by atoms with Crippen LogP contribution in [0.25, 0.3) is 0 Å². The van der Waals surface area contributed by atoms with Crippen LogP contribution < -0.4 is 10.1 Å². The molecular formula is C14H21NOS. The van der Waals surface area contributed by atoms with E-state index in [0.717, 1.165) is 36.3 Å². The fourth-order valence-electron chi connectivity index (χ4n) is 1.92. The Hall–Kier alpha value is -0.670. The molecule has 2 nitrogen and oxygen atoms in total. The Morgan fingerprint density at radius 1 is 1.35 bits per heavy atom. The zero-order valence-electron chi connectivity index (χ0n) is 10.6. The van der Waals surface area contributed by atoms with Gasteiger partial charge in [0.05, 0.1) is 6.61 Å². The van der Waals surface area contributed by atoms with Crippen molar-refractivity contribution in [2.24, 2.45) is 0 Å². The standard InChI is InChI=1S/C14H21NOS/c1-3-8-16-13-6-4-12(5-7-13)14-10-17-11(2)9-15-14/h4-7,11,14-15H,3,8-10H2,1-2H3. The molecule has 1 aromatic carbocycles. The maximum Gasteiger partial charge on any atom is 0.119 e. The second-order valence-electron chi connectivity index (χ2n) is 4.52. The lowest BCUT2D eigenvalue weighted by Gasteiger charge is -2.27. The maximum atomic E-state index is 5.59. The normalized spacial score (nSPS) is 24.6. The zero-order valence-corrected chi connectivity index (χ0v) is 11.4. The summed E-state index contributed by atoms with van der Waals surface area (Å²) in [5, 5.41) is 4.32. The Labute approximate surface area is 108 Å². The van der Waals surface area contributed by atoms with Gasteiger partial charge >= 0.3 is 0 Å². The quantitative estimate of drug-likeness (QED) is 0.887. The van der Waals surface area contributed by atoms with E-state index in [2.05, 4.69) is 43.4 Å². The number of nitrogens with one attached hydrogen (secondary N) is 1. The van der Waals surface area contributed by atoms with Gasteiger partial charge in [0.15, 0.2) is 0 Å². The number of hydrogen-bond acceptors (Lipinski definition) is 3. The molecule has 1 fully saturated rings. The molecular weight excluding hydrogens is 230 g/mol. The Kier molecular flexibility index (Phi) is 4.75. The van der Waals surface area contributed by atoms with E-state index in [0.29, 0.717) is 6.04 Å². The second kappa shape index (κ2) is 6.31. The van der Waals surface area contributed by atoms with E-state index in [4.69, 9.17) is 4.74 Å². The summed E-state index contributed by atoms with van der Waals surface area (Å²) < 4.78 is 5.59. The topological polar surface area (TPSA) is 21.3 Å². The van der Waals surface area contributed by atoms with Gasteiger partial charge in [-0.1, -0.05) is 26.0 Å². The number of rotatable bonds is 4. The lowest BCUT2D eigenvalue weighted by Crippen LogP contribution is -2.34. The van der Waals surface area contributed by atoms with Gasteiger partial charge in [-0.05, 0) is 24.1 Å². The molecule has 0 radical (unpaired) electrons. The lowest BCUT2D eigenvalue weighted by molar-refractivity contribution is 0.317. The molecule has 0 aromatic heterocycles. The summed E-state index contributed by atoms with van der Waals surface area (Å²) in [6.45, 7) is 6.30. The van der Waals surface area contributed by atoms with Crippen LogP contribution in [0.4, 0.5) is 0 Å². The highest BCUT2D eigenvalue weighted by Crippen LogP contribution is 2.26. The van der Waals surface area contributed by atoms with Crippen LogP contribution in [0.5, 0.6) is 5.75 Å². The molecule has 0 saturated carbocycles. The highest BCUT2D eigenvalue weighted by Gasteiger charge is 2.18. The van der Waals surface area contributed by atoms with E-state index in [1.54, 1.807) is 0 Å². The first-order valence-electron chi connectivity index (χ1n) is 6.37. The minimum absolute atomic E-state index is 0.497. The summed E-state index contributed by atoms with van der Waals surface area (Å²) >= 11 is 2.05. The largest absolute Gasteiger partial charge is 0.494 e. The van der Waals surface area contributed by atoms with Gasteiger partial charge in [-0.25, -0.2) is 0 Å². The van der Waals surface area contributed by atoms with Crippen LogP contribution >= 0.6 is 11.8 Å². The smallest absolute Gasteiger partial charge is 0.119 e. The van der Waals surface area contributed by atoms with Crippen LogP contribution in [0.15, 0.2) is 24.3 Å². The highest BCUT2D eigenvalue weighted by atomic mass is 32.2. The van der Waals surface area contributed by atoms with Crippen LogP contribution in [-0.4, -0.2) is 24.2 Å². The van der Waals surface area contributed by atoms with Crippen molar-refractivity contribution in [1.29, 1.82) is 0 Å². The monoisotopic (exact) mass is 251 g/mol. The molecule has 0 amide bonds. The molecule has 3 heteroatoms. The van der Waals surface area contributed by atoms with Gasteiger partial charge in [0.25, 0.3) is 0 Å². The van der Waals surface area contributed by atoms with Crippen LogP contribution in [0.1, 0.15) is 31.9 Å². The van der Waals surface area contributed by atoms with E-state index in [-0.39, 0.29) is 0 Å². The van der Waals surface area contributed by atoms with Crippen molar-refractivity contribution in [2.45, 2.75) is 31.6 Å². The molecule has 1 heterocycles. The van der Waals surface area contributed by atoms with Crippen molar-refractivity contribution >= 4 is 11.8 Å². The predicted molar refractivity (Wildman–Crippen MR) is 74.9 cm³/mol. The predicted octanol–water partition coefficient (Wildman–Crippen LogP) is 3.24. The van der Waals surface area contributed by atoms with Crippen molar-refractivity contribution < 1.29 is 4.74 Å². The third-order valence-corrected chi connectivity index (χ3v) is 4.22. The molecule has 0 bridgehead atoms. The molecule has 1 aliphatic heterocycles. The van der Waals surface area contributed by atoms with Crippen molar-refractivity contribution in [3.8, 4) is 5.75 Å². The molecule has 0 aliphatic carbocycles. The van der Waals surface area contributed by atoms with Crippen LogP contribution in [0, 0.1) is 0 Å². The summed E-state index contributed by atoms with van der Waals surface area (Å²) in [7, 11) is 0. The van der Waals surface area contributed by atoms with Gasteiger partial charge in [-0.2, -0.15) is 11.8 Å². The summed E-state index contributed by atoms with van der Waals surface area (Å²) in [4.78, 5) is 0. The second-order valence-corrected chi connectivity index (χ2v) is 5.99. The number of ether oxygens (including phenoxy) is 1. The third-order valence-electron chi connectivity index (χ3n) is 2.95. The minimum atomic E-state index is 0.497. The van der Waals surface area contributed by atoms with E-state index in [1.807, 2.05) is 11.8 Å². The molecule has 0 spiro atoms. The molecule has 94 valence electrons. The van der Waals surface area contributed by atoms with Crippen molar-refractivity contribution in [1.82, 2.24) is 5.32 Å². The van der Waals surface area contributed by atoms with Gasteiger partial charge in [-0.15, -0.1) is 0 Å². The summed E-state index contributed by atoms with van der Waals surface area (Å²) in [5.74, 6) is 2.14. The average Bonchev–Trinajstić information content (AvgIpc) is 2.38. The minimum Gasteiger partial charge on any atom is -0.494 e. The number of thioether (sulfide) groups is 1. The van der Waals surface area contributed by atoms with E-state index in [9.17, 15) is 0 Å². The first-order chi connectivity index (χ1) is 8.29. The Morgan fingerprint density at radius 3 is 2.71 bits per heavy atom. The summed E-state index contributed by atoms with van der Waals surface area (Å²) in [6.07, 6.45) is 1.06. The zero-order chi connectivity index (χ0) is 12.1. The first-order valence-corrected chi connectivity index (χ1v) is 7.42. The molecule has 1 aromatic rings. The SMILES string of the molecule is CCCOc1ccc(C2CSC(C)CN2)cc1. The molecule has 2 atom stereocenters. The maximum absolute atomic E-state index is 5.59. The molecule has 17 heavy (non-hydrogen) atoms. The van der Waals surface area contributed by atoms with Crippen LogP contribution in [0.2, 0.25) is 0 Å². The fraction of sp³-hybridized carbons (Fsp3) is 0.571. The molecule has 1 saturated heterocycles. The number of benzene rings is 1. The lowest BCUT2D eigenvalue weighted by atomic mass is 10.1. The van der Waals surface area contributed by atoms with E-state index < -0.39 is 0 Å². The van der Waals surface area contributed by atoms with Gasteiger partial charge in [0, 0.05) is 23.6 Å². The Balaban J connectivity index is 1.93. The van der Waals surface area contributed by atoms with E-state index >= 15 is 0 Å². The summed E-state index contributed by atoms with van der Waals surface area (Å²) in [5.41, 5.74) is 1.37. The molecule has 2 unspecified atom stereocenters. The van der Waals surface area contributed by atoms with Gasteiger partial charge in [0.1, 0.15) is 5.75 Å². The van der Waals surface area contributed by atoms with Crippen LogP contribution in [0.3, 0.4) is 0 Å². The molecule has 1 N–H and O–H groups in total. The third kappa shape index (κ3) is 3.65. The fourth-order valence-corrected chi connectivity index (χ4v) is 2.96. The van der Waals surface area contributed by atoms with Crippen molar-refractivity contribution in [3.05, 3.63) is 29.8 Å². The highest BCUT2D eigenvalue weighted by molar-refractivity contribution is 8.00. The van der Waals surface area contributed by atoms with Gasteiger partial charge < -0.3 is 10.1 Å². The summed E-state index contributed by atoms with van der Waals surface area (Å²) in [6, 6.07) is 9.01. The molecule has 1 aliphatic rings. The first kappa shape index (κ1) is 12.8. The Morgan fingerprint density at radius 2 is 2.12 bits per heavy atom.